The molecule has 0 fully saturated rings. The van der Waals surface area contributed by atoms with Crippen LogP contribution >= 0.6 is 0 Å². The van der Waals surface area contributed by atoms with Gasteiger partial charge in [-0.25, -0.2) is 4.98 Å². The Morgan fingerprint density at radius 3 is 2.96 bits per heavy atom. The van der Waals surface area contributed by atoms with E-state index in [2.05, 4.69) is 21.2 Å². The van der Waals surface area contributed by atoms with E-state index >= 15 is 0 Å². The Bertz CT molecular complexity index is 1040. The van der Waals surface area contributed by atoms with E-state index in [0.717, 1.165) is 23.9 Å². The predicted octanol–water partition coefficient (Wildman–Crippen LogP) is 1.57. The van der Waals surface area contributed by atoms with Crippen LogP contribution in [0, 0.1) is 0 Å². The first-order valence-corrected chi connectivity index (χ1v) is 7.52. The Morgan fingerprint density at radius 1 is 1.17 bits per heavy atom. The summed E-state index contributed by atoms with van der Waals surface area (Å²) in [7, 11) is 1.79. The highest BCUT2D eigenvalue weighted by atomic mass is 16.1. The molecular weight excluding hydrogens is 292 g/mol. The van der Waals surface area contributed by atoms with Crippen LogP contribution in [-0.4, -0.2) is 29.1 Å². The molecule has 0 atom stereocenters. The van der Waals surface area contributed by atoms with Crippen LogP contribution < -0.4 is 5.56 Å². The van der Waals surface area contributed by atoms with Gasteiger partial charge in [0.2, 0.25) is 0 Å². The van der Waals surface area contributed by atoms with E-state index < -0.39 is 0 Å². The lowest BCUT2D eigenvalue weighted by atomic mass is 10.2. The molecule has 4 aromatic rings. The number of benzene rings is 1. The summed E-state index contributed by atoms with van der Waals surface area (Å²) in [6.45, 7) is 1.34. The Morgan fingerprint density at radius 2 is 2.04 bits per heavy atom. The van der Waals surface area contributed by atoms with Crippen LogP contribution in [0.25, 0.3) is 21.9 Å². The summed E-state index contributed by atoms with van der Waals surface area (Å²) in [6.07, 6.45) is 6.00. The highest BCUT2D eigenvalue weighted by molar-refractivity contribution is 5.78. The molecule has 0 bridgehead atoms. The minimum atomic E-state index is -0.0964. The molecule has 4 rings (SSSR count). The number of rotatable bonds is 4. The molecule has 7 nitrogen and oxygen atoms in total. The Hall–Kier alpha value is -2.96. The summed E-state index contributed by atoms with van der Waals surface area (Å²) in [5.41, 5.74) is 2.06. The van der Waals surface area contributed by atoms with Crippen molar-refractivity contribution in [2.24, 2.45) is 7.05 Å². The average Bonchev–Trinajstić information content (AvgIpc) is 3.13. The van der Waals surface area contributed by atoms with Gasteiger partial charge in [0, 0.05) is 25.5 Å². The second-order valence-electron chi connectivity index (χ2n) is 5.56. The van der Waals surface area contributed by atoms with E-state index in [0.29, 0.717) is 17.6 Å². The molecule has 0 spiro atoms. The molecule has 116 valence electrons. The molecular formula is C16H16N6O. The van der Waals surface area contributed by atoms with Crippen molar-refractivity contribution in [2.75, 3.05) is 0 Å². The highest BCUT2D eigenvalue weighted by Crippen LogP contribution is 2.13. The smallest absolute Gasteiger partial charge is 0.281 e. The maximum absolute atomic E-state index is 12.4. The van der Waals surface area contributed by atoms with Crippen molar-refractivity contribution in [3.05, 3.63) is 53.3 Å². The van der Waals surface area contributed by atoms with Crippen LogP contribution in [0.15, 0.2) is 47.8 Å². The summed E-state index contributed by atoms with van der Waals surface area (Å²) >= 11 is 0. The van der Waals surface area contributed by atoms with Gasteiger partial charge in [-0.05, 0) is 12.5 Å². The van der Waals surface area contributed by atoms with Gasteiger partial charge in [-0.1, -0.05) is 18.2 Å². The van der Waals surface area contributed by atoms with E-state index in [1.807, 2.05) is 29.1 Å². The molecule has 0 N–H and O–H groups in total. The predicted molar refractivity (Wildman–Crippen MR) is 87.1 cm³/mol. The van der Waals surface area contributed by atoms with Crippen molar-refractivity contribution in [2.45, 2.75) is 19.5 Å². The van der Waals surface area contributed by atoms with Gasteiger partial charge in [0.15, 0.2) is 5.52 Å². The third-order valence-electron chi connectivity index (χ3n) is 3.93. The van der Waals surface area contributed by atoms with Gasteiger partial charge in [-0.3, -0.25) is 18.7 Å². The van der Waals surface area contributed by atoms with Crippen LogP contribution in [0.2, 0.25) is 0 Å². The molecule has 0 radical (unpaired) electrons. The molecule has 0 saturated carbocycles. The van der Waals surface area contributed by atoms with E-state index in [1.54, 1.807) is 28.8 Å². The summed E-state index contributed by atoms with van der Waals surface area (Å²) in [5, 5.41) is 9.70. The van der Waals surface area contributed by atoms with Crippen molar-refractivity contribution in [3.63, 3.8) is 0 Å². The number of fused-ring (bicyclic) bond motifs is 2. The first-order valence-electron chi connectivity index (χ1n) is 7.52. The van der Waals surface area contributed by atoms with E-state index in [9.17, 15) is 4.79 Å². The number of hydrogen-bond donors (Lipinski definition) is 0. The van der Waals surface area contributed by atoms with Gasteiger partial charge in [-0.2, -0.15) is 10.2 Å². The Kier molecular flexibility index (Phi) is 3.18. The van der Waals surface area contributed by atoms with Crippen molar-refractivity contribution in [3.8, 4) is 0 Å². The standard InChI is InChI=1S/C16H16N6O/c1-20-10-13-15(19-20)16(23)21(11-17-13)7-4-8-22-14-6-3-2-5-12(14)9-18-22/h2-3,5-6,9-11H,4,7-8H2,1H3. The zero-order valence-electron chi connectivity index (χ0n) is 12.8. The van der Waals surface area contributed by atoms with Crippen molar-refractivity contribution in [1.29, 1.82) is 0 Å². The summed E-state index contributed by atoms with van der Waals surface area (Å²) in [4.78, 5) is 16.7. The fraction of sp³-hybridized carbons (Fsp3) is 0.250. The van der Waals surface area contributed by atoms with Crippen LogP contribution in [-0.2, 0) is 20.1 Å². The zero-order valence-corrected chi connectivity index (χ0v) is 12.8. The SMILES string of the molecule is Cn1cc2ncn(CCCn3ncc4ccccc43)c(=O)c2n1. The molecule has 1 aromatic carbocycles. The lowest BCUT2D eigenvalue weighted by Gasteiger charge is -2.06. The fourth-order valence-corrected chi connectivity index (χ4v) is 2.80. The molecule has 23 heavy (non-hydrogen) atoms. The van der Waals surface area contributed by atoms with E-state index in [4.69, 9.17) is 0 Å². The molecule has 3 aromatic heterocycles. The zero-order chi connectivity index (χ0) is 15.8. The van der Waals surface area contributed by atoms with Crippen molar-refractivity contribution >= 4 is 21.9 Å². The molecule has 0 aliphatic heterocycles. The molecule has 7 heteroatoms. The van der Waals surface area contributed by atoms with Crippen LogP contribution in [0.5, 0.6) is 0 Å². The molecule has 0 unspecified atom stereocenters. The van der Waals surface area contributed by atoms with E-state index in [-0.39, 0.29) is 5.56 Å². The second kappa shape index (κ2) is 5.35. The van der Waals surface area contributed by atoms with Gasteiger partial charge < -0.3 is 0 Å². The van der Waals surface area contributed by atoms with Gasteiger partial charge in [0.05, 0.1) is 24.2 Å². The molecule has 0 aliphatic rings. The summed E-state index contributed by atoms with van der Waals surface area (Å²) in [6, 6.07) is 8.10. The lowest BCUT2D eigenvalue weighted by Crippen LogP contribution is -2.21. The van der Waals surface area contributed by atoms with Gasteiger partial charge in [0.25, 0.3) is 5.56 Å². The molecule has 0 aliphatic carbocycles. The number of aryl methyl sites for hydroxylation is 3. The largest absolute Gasteiger partial charge is 0.297 e. The number of nitrogens with zero attached hydrogens (tertiary/aromatic N) is 6. The quantitative estimate of drug-likeness (QED) is 0.574. The van der Waals surface area contributed by atoms with Crippen LogP contribution in [0.3, 0.4) is 0 Å². The Balaban J connectivity index is 1.53. The third-order valence-corrected chi connectivity index (χ3v) is 3.93. The third kappa shape index (κ3) is 2.40. The van der Waals surface area contributed by atoms with Crippen LogP contribution in [0.1, 0.15) is 6.42 Å². The Labute approximate surface area is 131 Å². The number of para-hydroxylation sites is 1. The van der Waals surface area contributed by atoms with E-state index in [1.165, 1.54) is 0 Å². The van der Waals surface area contributed by atoms with Gasteiger partial charge >= 0.3 is 0 Å². The monoisotopic (exact) mass is 308 g/mol. The summed E-state index contributed by atoms with van der Waals surface area (Å²) < 4.78 is 5.19. The van der Waals surface area contributed by atoms with Crippen molar-refractivity contribution < 1.29 is 0 Å². The number of hydrogen-bond acceptors (Lipinski definition) is 4. The average molecular weight is 308 g/mol. The first kappa shape index (κ1) is 13.7. The topological polar surface area (TPSA) is 70.5 Å². The molecule has 3 heterocycles. The number of aromatic nitrogens is 6. The molecule has 0 saturated heterocycles. The lowest BCUT2D eigenvalue weighted by molar-refractivity contribution is 0.527. The first-order chi connectivity index (χ1) is 11.2. The van der Waals surface area contributed by atoms with Crippen molar-refractivity contribution in [1.82, 2.24) is 29.1 Å². The maximum atomic E-state index is 12.4. The highest BCUT2D eigenvalue weighted by Gasteiger charge is 2.08. The minimum absolute atomic E-state index is 0.0964. The van der Waals surface area contributed by atoms with Gasteiger partial charge in [0.1, 0.15) is 5.52 Å². The maximum Gasteiger partial charge on any atom is 0.281 e. The fourth-order valence-electron chi connectivity index (χ4n) is 2.80. The van der Waals surface area contributed by atoms with Gasteiger partial charge in [-0.15, -0.1) is 0 Å². The normalized spacial score (nSPS) is 11.5. The minimum Gasteiger partial charge on any atom is -0.297 e. The second-order valence-corrected chi connectivity index (χ2v) is 5.56. The molecule has 0 amide bonds. The summed E-state index contributed by atoms with van der Waals surface area (Å²) in [5.74, 6) is 0. The van der Waals surface area contributed by atoms with Crippen LogP contribution in [0.4, 0.5) is 0 Å².